The van der Waals surface area contributed by atoms with Crippen LogP contribution in [-0.4, -0.2) is 35.7 Å². The third-order valence-corrected chi connectivity index (χ3v) is 7.88. The number of amides is 1. The molecule has 0 aromatic heterocycles. The number of hydrogen-bond donors (Lipinski definition) is 1. The summed E-state index contributed by atoms with van der Waals surface area (Å²) < 4.78 is 27.3. The molecule has 3 aromatic rings. The van der Waals surface area contributed by atoms with Crippen molar-refractivity contribution in [1.82, 2.24) is 0 Å². The van der Waals surface area contributed by atoms with E-state index in [9.17, 15) is 14.7 Å². The van der Waals surface area contributed by atoms with E-state index in [0.717, 1.165) is 23.1 Å². The van der Waals surface area contributed by atoms with Crippen LogP contribution in [0.5, 0.6) is 5.75 Å². The molecule has 2 heterocycles. The van der Waals surface area contributed by atoms with E-state index in [2.05, 4.69) is 0 Å². The first-order valence-corrected chi connectivity index (χ1v) is 13.9. The summed E-state index contributed by atoms with van der Waals surface area (Å²) in [5.74, 6) is -1.61. The maximum absolute atomic E-state index is 15.5. The summed E-state index contributed by atoms with van der Waals surface area (Å²) >= 11 is 6.37. The number of carbonyl (C=O) groups excluding carboxylic acids is 1. The first kappa shape index (κ1) is 28.1. The number of aliphatic carboxylic acids is 1. The van der Waals surface area contributed by atoms with Gasteiger partial charge in [0.15, 0.2) is 17.7 Å². The van der Waals surface area contributed by atoms with Gasteiger partial charge < -0.3 is 19.5 Å². The number of carbonyl (C=O) groups is 2. The lowest BCUT2D eigenvalue weighted by atomic mass is 9.83. The molecule has 0 radical (unpaired) electrons. The fourth-order valence-corrected chi connectivity index (χ4v) is 6.05. The van der Waals surface area contributed by atoms with Crippen LogP contribution >= 0.6 is 11.6 Å². The normalized spacial score (nSPS) is 15.3. The Kier molecular flexibility index (Phi) is 7.40. The number of anilines is 1. The molecule has 0 bridgehead atoms. The van der Waals surface area contributed by atoms with Gasteiger partial charge in [0.05, 0.1) is 22.8 Å². The SMILES string of the molecule is Cc1cc2c(c(-c3cc(F)c4c(c3C)CCCO4)c1[C@H](OC(C)(C)C)C(=O)O)CCN2C(=O)c1ccccc1Cl. The lowest BCUT2D eigenvalue weighted by Crippen LogP contribution is -2.30. The first-order chi connectivity index (χ1) is 18.9. The first-order valence-electron chi connectivity index (χ1n) is 13.5. The second kappa shape index (κ2) is 10.5. The van der Waals surface area contributed by atoms with Gasteiger partial charge in [-0.2, -0.15) is 0 Å². The number of ether oxygens (including phenoxy) is 2. The summed E-state index contributed by atoms with van der Waals surface area (Å²) in [6.45, 7) is 9.97. The van der Waals surface area contributed by atoms with Gasteiger partial charge in [0.2, 0.25) is 0 Å². The number of carboxylic acid groups (broad SMARTS) is 1. The van der Waals surface area contributed by atoms with Crippen molar-refractivity contribution >= 4 is 29.2 Å². The van der Waals surface area contributed by atoms with Crippen LogP contribution in [0.1, 0.15) is 71.5 Å². The predicted molar refractivity (Wildman–Crippen MR) is 153 cm³/mol. The minimum atomic E-state index is -1.30. The Morgan fingerprint density at radius 3 is 2.52 bits per heavy atom. The molecule has 8 heteroatoms. The van der Waals surface area contributed by atoms with Crippen LogP contribution in [0, 0.1) is 19.7 Å². The van der Waals surface area contributed by atoms with Crippen LogP contribution in [0.2, 0.25) is 5.02 Å². The van der Waals surface area contributed by atoms with E-state index in [1.54, 1.807) is 49.9 Å². The van der Waals surface area contributed by atoms with Crippen molar-refractivity contribution in [3.05, 3.63) is 80.6 Å². The summed E-state index contributed by atoms with van der Waals surface area (Å²) in [7, 11) is 0. The third-order valence-electron chi connectivity index (χ3n) is 7.55. The summed E-state index contributed by atoms with van der Waals surface area (Å²) in [5.41, 5.74) is 4.98. The number of nitrogens with zero attached hydrogens (tertiary/aromatic N) is 1. The molecule has 1 amide bonds. The summed E-state index contributed by atoms with van der Waals surface area (Å²) in [4.78, 5) is 28.0. The standard InChI is InChI=1S/C32H33ClFNO5/c1-17-15-25-21(12-13-35(25)30(36)20-9-6-7-11-23(20)33)27(26(17)29(31(37)38)40-32(3,4)5)22-16-24(34)28-19(18(22)2)10-8-14-39-28/h6-7,9,11,15-16,29H,8,10,12-14H2,1-5H3,(H,37,38)/t29-/m0/s1. The molecular weight excluding hydrogens is 533 g/mol. The van der Waals surface area contributed by atoms with Crippen LogP contribution in [-0.2, 0) is 22.4 Å². The van der Waals surface area contributed by atoms with E-state index in [0.29, 0.717) is 64.5 Å². The highest BCUT2D eigenvalue weighted by atomic mass is 35.5. The highest BCUT2D eigenvalue weighted by Crippen LogP contribution is 2.48. The Balaban J connectivity index is 1.79. The van der Waals surface area contributed by atoms with Gasteiger partial charge in [-0.3, -0.25) is 4.79 Å². The lowest BCUT2D eigenvalue weighted by Gasteiger charge is -2.30. The largest absolute Gasteiger partial charge is 0.490 e. The molecule has 0 unspecified atom stereocenters. The zero-order valence-corrected chi connectivity index (χ0v) is 24.1. The van der Waals surface area contributed by atoms with Crippen molar-refractivity contribution in [3.63, 3.8) is 0 Å². The minimum absolute atomic E-state index is 0.245. The van der Waals surface area contributed by atoms with Crippen molar-refractivity contribution in [1.29, 1.82) is 0 Å². The monoisotopic (exact) mass is 565 g/mol. The molecule has 0 saturated heterocycles. The molecule has 0 saturated carbocycles. The van der Waals surface area contributed by atoms with Gasteiger partial charge in [0.25, 0.3) is 5.91 Å². The second-order valence-corrected chi connectivity index (χ2v) is 11.8. The molecule has 3 aromatic carbocycles. The lowest BCUT2D eigenvalue weighted by molar-refractivity contribution is -0.160. The summed E-state index contributed by atoms with van der Waals surface area (Å²) in [6, 6.07) is 10.2. The van der Waals surface area contributed by atoms with Gasteiger partial charge in [0, 0.05) is 23.4 Å². The van der Waals surface area contributed by atoms with Crippen LogP contribution in [0.15, 0.2) is 36.4 Å². The number of benzene rings is 3. The molecule has 0 spiro atoms. The van der Waals surface area contributed by atoms with Gasteiger partial charge >= 0.3 is 5.97 Å². The van der Waals surface area contributed by atoms with Crippen LogP contribution in [0.25, 0.3) is 11.1 Å². The molecule has 210 valence electrons. The predicted octanol–water partition coefficient (Wildman–Crippen LogP) is 7.23. The highest BCUT2D eigenvalue weighted by Gasteiger charge is 2.37. The molecule has 6 nitrogen and oxygen atoms in total. The second-order valence-electron chi connectivity index (χ2n) is 11.4. The summed E-state index contributed by atoms with van der Waals surface area (Å²) in [6.07, 6.45) is 0.585. The van der Waals surface area contributed by atoms with Gasteiger partial charge in [-0.25, -0.2) is 9.18 Å². The van der Waals surface area contributed by atoms with Crippen molar-refractivity contribution in [2.45, 2.75) is 65.6 Å². The number of rotatable bonds is 5. The van der Waals surface area contributed by atoms with Crippen molar-refractivity contribution in [2.75, 3.05) is 18.1 Å². The van der Waals surface area contributed by atoms with Crippen LogP contribution < -0.4 is 9.64 Å². The number of halogens is 2. The molecule has 2 aliphatic heterocycles. The Morgan fingerprint density at radius 1 is 1.12 bits per heavy atom. The molecule has 0 fully saturated rings. The van der Waals surface area contributed by atoms with E-state index < -0.39 is 23.5 Å². The van der Waals surface area contributed by atoms with E-state index in [1.165, 1.54) is 6.07 Å². The van der Waals surface area contributed by atoms with Crippen molar-refractivity contribution in [2.24, 2.45) is 0 Å². The number of aryl methyl sites for hydroxylation is 1. The smallest absolute Gasteiger partial charge is 0.337 e. The molecule has 40 heavy (non-hydrogen) atoms. The third kappa shape index (κ3) is 4.97. The van der Waals surface area contributed by atoms with Crippen LogP contribution in [0.3, 0.4) is 0 Å². The Morgan fingerprint density at radius 2 is 1.85 bits per heavy atom. The summed E-state index contributed by atoms with van der Waals surface area (Å²) in [5, 5.41) is 10.7. The van der Waals surface area contributed by atoms with E-state index in [-0.39, 0.29) is 11.7 Å². The quantitative estimate of drug-likeness (QED) is 0.353. The van der Waals surface area contributed by atoms with E-state index >= 15 is 4.39 Å². The topological polar surface area (TPSA) is 76.1 Å². The Bertz CT molecular complexity index is 1530. The molecular formula is C32H33ClFNO5. The van der Waals surface area contributed by atoms with E-state index in [4.69, 9.17) is 21.1 Å². The van der Waals surface area contributed by atoms with Crippen LogP contribution in [0.4, 0.5) is 10.1 Å². The number of hydrogen-bond acceptors (Lipinski definition) is 4. The van der Waals surface area contributed by atoms with Gasteiger partial charge in [-0.05, 0) is 106 Å². The number of carboxylic acids is 1. The Labute approximate surface area is 238 Å². The van der Waals surface area contributed by atoms with Crippen molar-refractivity contribution in [3.8, 4) is 16.9 Å². The molecule has 0 aliphatic carbocycles. The Hall–Kier alpha value is -3.42. The van der Waals surface area contributed by atoms with E-state index in [1.807, 2.05) is 19.9 Å². The average Bonchev–Trinajstić information content (AvgIpc) is 3.31. The zero-order chi connectivity index (χ0) is 28.9. The molecule has 1 N–H and O–H groups in total. The van der Waals surface area contributed by atoms with Gasteiger partial charge in [0.1, 0.15) is 0 Å². The maximum atomic E-state index is 15.5. The number of fused-ring (bicyclic) bond motifs is 2. The minimum Gasteiger partial charge on any atom is -0.490 e. The van der Waals surface area contributed by atoms with Gasteiger partial charge in [-0.15, -0.1) is 0 Å². The zero-order valence-electron chi connectivity index (χ0n) is 23.4. The fraction of sp³-hybridized carbons (Fsp3) is 0.375. The molecule has 2 aliphatic rings. The van der Waals surface area contributed by atoms with Crippen molar-refractivity contribution < 1.29 is 28.6 Å². The highest BCUT2D eigenvalue weighted by molar-refractivity contribution is 6.34. The maximum Gasteiger partial charge on any atom is 0.337 e. The van der Waals surface area contributed by atoms with Gasteiger partial charge in [-0.1, -0.05) is 23.7 Å². The molecule has 1 atom stereocenters. The average molecular weight is 566 g/mol. The fourth-order valence-electron chi connectivity index (χ4n) is 5.84. The molecule has 5 rings (SSSR count).